The lowest BCUT2D eigenvalue weighted by Crippen LogP contribution is -2.17. The Morgan fingerprint density at radius 2 is 1.76 bits per heavy atom. The first-order chi connectivity index (χ1) is 7.68. The van der Waals surface area contributed by atoms with Crippen LogP contribution in [0, 0.1) is 5.82 Å². The first kappa shape index (κ1) is 14.1. The van der Waals surface area contributed by atoms with Gasteiger partial charge in [0, 0.05) is 6.26 Å². The Balaban J connectivity index is 2.74. The fraction of sp³-hybridized carbons (Fsp3) is 0.400. The van der Waals surface area contributed by atoms with Crippen molar-refractivity contribution in [1.82, 2.24) is 0 Å². The summed E-state index contributed by atoms with van der Waals surface area (Å²) in [6.07, 6.45) is 0.977. The first-order valence-corrected chi connectivity index (χ1v) is 8.69. The maximum absolute atomic E-state index is 12.8. The molecule has 0 bridgehead atoms. The molecule has 0 N–H and O–H groups in total. The smallest absolute Gasteiger partial charge is 0.155 e. The number of hydrogen-bond donors (Lipinski definition) is 0. The molecular formula is C10H13FO4S2. The van der Waals surface area contributed by atoms with E-state index in [9.17, 15) is 21.2 Å². The monoisotopic (exact) mass is 280 g/mol. The molecule has 1 rings (SSSR count). The minimum absolute atomic E-state index is 0.318. The van der Waals surface area contributed by atoms with Gasteiger partial charge in [-0.25, -0.2) is 21.2 Å². The zero-order valence-corrected chi connectivity index (χ0v) is 10.9. The minimum atomic E-state index is -3.53. The molecule has 0 saturated heterocycles. The summed E-state index contributed by atoms with van der Waals surface area (Å²) in [6.45, 7) is 0. The summed E-state index contributed by atoms with van der Waals surface area (Å²) in [6, 6.07) is 5.24. The molecule has 0 radical (unpaired) electrons. The van der Waals surface area contributed by atoms with Gasteiger partial charge in [0.15, 0.2) is 9.84 Å². The fourth-order valence-corrected chi connectivity index (χ4v) is 4.29. The van der Waals surface area contributed by atoms with Gasteiger partial charge in [0.05, 0.1) is 17.3 Å². The zero-order valence-electron chi connectivity index (χ0n) is 9.26. The molecule has 1 aromatic carbocycles. The largest absolute Gasteiger partial charge is 0.229 e. The van der Waals surface area contributed by atoms with Crippen molar-refractivity contribution in [2.75, 3.05) is 17.8 Å². The highest BCUT2D eigenvalue weighted by atomic mass is 32.2. The lowest BCUT2D eigenvalue weighted by molar-refractivity contribution is 0.589. The predicted octanol–water partition coefficient (Wildman–Crippen LogP) is 0.785. The van der Waals surface area contributed by atoms with E-state index in [1.807, 2.05) is 0 Å². The average Bonchev–Trinajstić information content (AvgIpc) is 2.13. The van der Waals surface area contributed by atoms with Crippen LogP contribution in [0.25, 0.3) is 0 Å². The van der Waals surface area contributed by atoms with Crippen molar-refractivity contribution < 1.29 is 21.2 Å². The molecule has 0 unspecified atom stereocenters. The lowest BCUT2D eigenvalue weighted by atomic mass is 10.2. The Morgan fingerprint density at radius 3 is 2.29 bits per heavy atom. The van der Waals surface area contributed by atoms with Gasteiger partial charge in [-0.15, -0.1) is 0 Å². The molecule has 0 aromatic heterocycles. The van der Waals surface area contributed by atoms with Gasteiger partial charge in [-0.05, 0) is 17.7 Å². The Bertz CT molecular complexity index is 590. The van der Waals surface area contributed by atoms with Gasteiger partial charge in [0.25, 0.3) is 0 Å². The Morgan fingerprint density at radius 1 is 1.12 bits per heavy atom. The molecule has 7 heteroatoms. The summed E-state index contributed by atoms with van der Waals surface area (Å²) in [4.78, 5) is 0. The summed E-state index contributed by atoms with van der Waals surface area (Å²) < 4.78 is 57.7. The van der Waals surface area contributed by atoms with Crippen LogP contribution in [0.3, 0.4) is 0 Å². The first-order valence-electron chi connectivity index (χ1n) is 4.80. The third-order valence-electron chi connectivity index (χ3n) is 2.04. The van der Waals surface area contributed by atoms with E-state index < -0.39 is 37.0 Å². The van der Waals surface area contributed by atoms with Crippen LogP contribution in [0.5, 0.6) is 0 Å². The van der Waals surface area contributed by atoms with Crippen LogP contribution in [0.15, 0.2) is 24.3 Å². The zero-order chi connectivity index (χ0) is 13.1. The molecule has 17 heavy (non-hydrogen) atoms. The Labute approximate surface area is 100 Å². The van der Waals surface area contributed by atoms with E-state index in [2.05, 4.69) is 0 Å². The number of rotatable bonds is 5. The molecule has 0 aliphatic rings. The number of benzene rings is 1. The van der Waals surface area contributed by atoms with Crippen molar-refractivity contribution in [3.63, 3.8) is 0 Å². The van der Waals surface area contributed by atoms with Crippen LogP contribution in [-0.2, 0) is 25.4 Å². The third kappa shape index (κ3) is 5.78. The maximum Gasteiger partial charge on any atom is 0.155 e. The van der Waals surface area contributed by atoms with Crippen molar-refractivity contribution in [2.24, 2.45) is 0 Å². The summed E-state index contributed by atoms with van der Waals surface area (Å²) in [5, 5.41) is 0. The second kappa shape index (κ2) is 5.14. The van der Waals surface area contributed by atoms with Crippen molar-refractivity contribution in [3.05, 3.63) is 35.6 Å². The van der Waals surface area contributed by atoms with Gasteiger partial charge >= 0.3 is 0 Å². The van der Waals surface area contributed by atoms with Gasteiger partial charge in [0.1, 0.15) is 15.7 Å². The van der Waals surface area contributed by atoms with Crippen LogP contribution in [0.4, 0.5) is 4.39 Å². The van der Waals surface area contributed by atoms with Crippen molar-refractivity contribution in [2.45, 2.75) is 5.75 Å². The highest BCUT2D eigenvalue weighted by molar-refractivity contribution is 7.94. The summed E-state index contributed by atoms with van der Waals surface area (Å²) in [7, 11) is -6.84. The molecule has 0 aliphatic heterocycles. The molecular weight excluding hydrogens is 267 g/mol. The van der Waals surface area contributed by atoms with Crippen molar-refractivity contribution in [3.8, 4) is 0 Å². The molecule has 0 amide bonds. The average molecular weight is 280 g/mol. The van der Waals surface area contributed by atoms with Gasteiger partial charge in [-0.2, -0.15) is 0 Å². The predicted molar refractivity (Wildman–Crippen MR) is 63.6 cm³/mol. The molecule has 0 spiro atoms. The van der Waals surface area contributed by atoms with E-state index in [-0.39, 0.29) is 5.75 Å². The fourth-order valence-electron chi connectivity index (χ4n) is 1.23. The van der Waals surface area contributed by atoms with Crippen molar-refractivity contribution in [1.29, 1.82) is 0 Å². The quantitative estimate of drug-likeness (QED) is 0.799. The Kier molecular flexibility index (Phi) is 4.26. The molecule has 4 nitrogen and oxygen atoms in total. The maximum atomic E-state index is 12.8. The topological polar surface area (TPSA) is 68.3 Å². The SMILES string of the molecule is CS(=O)(=O)CCS(=O)(=O)Cc1cccc(F)c1. The van der Waals surface area contributed by atoms with E-state index in [0.29, 0.717) is 5.56 Å². The van der Waals surface area contributed by atoms with E-state index in [1.165, 1.54) is 18.2 Å². The third-order valence-corrected chi connectivity index (χ3v) is 4.84. The number of halogens is 1. The van der Waals surface area contributed by atoms with Crippen LogP contribution in [0.2, 0.25) is 0 Å². The second-order valence-corrected chi connectivity index (χ2v) is 8.30. The summed E-state index contributed by atoms with van der Waals surface area (Å²) >= 11 is 0. The second-order valence-electron chi connectivity index (χ2n) is 3.85. The molecule has 0 saturated carbocycles. The molecule has 1 aromatic rings. The normalized spacial score (nSPS) is 12.6. The van der Waals surface area contributed by atoms with Crippen LogP contribution >= 0.6 is 0 Å². The van der Waals surface area contributed by atoms with Crippen LogP contribution < -0.4 is 0 Å². The lowest BCUT2D eigenvalue weighted by Gasteiger charge is -2.03. The minimum Gasteiger partial charge on any atom is -0.229 e. The van der Waals surface area contributed by atoms with Crippen molar-refractivity contribution >= 4 is 19.7 Å². The van der Waals surface area contributed by atoms with Gasteiger partial charge in [-0.1, -0.05) is 12.1 Å². The Hall–Kier alpha value is -0.950. The van der Waals surface area contributed by atoms with Crippen LogP contribution in [0.1, 0.15) is 5.56 Å². The van der Waals surface area contributed by atoms with E-state index in [4.69, 9.17) is 0 Å². The summed E-state index contributed by atoms with van der Waals surface area (Å²) in [5.74, 6) is -1.71. The van der Waals surface area contributed by atoms with E-state index in [0.717, 1.165) is 12.3 Å². The molecule has 0 fully saturated rings. The summed E-state index contributed by atoms with van der Waals surface area (Å²) in [5.41, 5.74) is 0.318. The molecule has 96 valence electrons. The van der Waals surface area contributed by atoms with Gasteiger partial charge in [-0.3, -0.25) is 0 Å². The molecule has 0 aliphatic carbocycles. The number of hydrogen-bond acceptors (Lipinski definition) is 4. The van der Waals surface area contributed by atoms with Gasteiger partial charge < -0.3 is 0 Å². The highest BCUT2D eigenvalue weighted by Gasteiger charge is 2.15. The van der Waals surface area contributed by atoms with E-state index in [1.54, 1.807) is 0 Å². The van der Waals surface area contributed by atoms with Crippen LogP contribution in [-0.4, -0.2) is 34.6 Å². The standard InChI is InChI=1S/C10H13FO4S2/c1-16(12,13)5-6-17(14,15)8-9-3-2-4-10(11)7-9/h2-4,7H,5-6,8H2,1H3. The van der Waals surface area contributed by atoms with Gasteiger partial charge in [0.2, 0.25) is 0 Å². The molecule has 0 atom stereocenters. The van der Waals surface area contributed by atoms with E-state index >= 15 is 0 Å². The highest BCUT2D eigenvalue weighted by Crippen LogP contribution is 2.09. The number of sulfone groups is 2. The molecule has 0 heterocycles.